The lowest BCUT2D eigenvalue weighted by atomic mass is 10.1. The van der Waals surface area contributed by atoms with Crippen LogP contribution in [0.3, 0.4) is 0 Å². The number of nitrogens with zero attached hydrogens (tertiary/aromatic N) is 1. The van der Waals surface area contributed by atoms with Gasteiger partial charge in [0.15, 0.2) is 0 Å². The first-order chi connectivity index (χ1) is 8.63. The highest BCUT2D eigenvalue weighted by Crippen LogP contribution is 2.27. The SMILES string of the molecule is CCC(CC)N(CCOC)c1ccc(N)cc1I. The molecule has 0 aliphatic carbocycles. The quantitative estimate of drug-likeness (QED) is 0.596. The van der Waals surface area contributed by atoms with Crippen molar-refractivity contribution in [3.05, 3.63) is 21.8 Å². The van der Waals surface area contributed by atoms with E-state index in [-0.39, 0.29) is 0 Å². The molecule has 0 saturated heterocycles. The zero-order valence-electron chi connectivity index (χ0n) is 11.4. The van der Waals surface area contributed by atoms with E-state index in [1.54, 1.807) is 7.11 Å². The molecular formula is C14H23IN2O. The van der Waals surface area contributed by atoms with Crippen molar-refractivity contribution in [2.24, 2.45) is 0 Å². The second-order valence-corrected chi connectivity index (χ2v) is 5.53. The van der Waals surface area contributed by atoms with Gasteiger partial charge in [0.25, 0.3) is 0 Å². The predicted molar refractivity (Wildman–Crippen MR) is 87.2 cm³/mol. The van der Waals surface area contributed by atoms with Gasteiger partial charge in [-0.3, -0.25) is 0 Å². The van der Waals surface area contributed by atoms with Gasteiger partial charge in [0.05, 0.1) is 12.3 Å². The third kappa shape index (κ3) is 4.02. The minimum absolute atomic E-state index is 0.553. The van der Waals surface area contributed by atoms with E-state index in [2.05, 4.69) is 47.4 Å². The van der Waals surface area contributed by atoms with Gasteiger partial charge in [-0.15, -0.1) is 0 Å². The average Bonchev–Trinajstić information content (AvgIpc) is 2.35. The van der Waals surface area contributed by atoms with Gasteiger partial charge in [0, 0.05) is 29.0 Å². The third-order valence-corrected chi connectivity index (χ3v) is 4.06. The fraction of sp³-hybridized carbons (Fsp3) is 0.571. The van der Waals surface area contributed by atoms with Crippen LogP contribution in [0.15, 0.2) is 18.2 Å². The highest BCUT2D eigenvalue weighted by atomic mass is 127. The number of rotatable bonds is 7. The summed E-state index contributed by atoms with van der Waals surface area (Å²) in [4.78, 5) is 2.44. The third-order valence-electron chi connectivity index (χ3n) is 3.20. The van der Waals surface area contributed by atoms with Gasteiger partial charge in [-0.1, -0.05) is 13.8 Å². The fourth-order valence-corrected chi connectivity index (χ4v) is 3.02. The van der Waals surface area contributed by atoms with Crippen molar-refractivity contribution < 1.29 is 4.74 Å². The molecule has 0 fully saturated rings. The fourth-order valence-electron chi connectivity index (χ4n) is 2.17. The van der Waals surface area contributed by atoms with Gasteiger partial charge in [-0.05, 0) is 53.6 Å². The first-order valence-corrected chi connectivity index (χ1v) is 7.52. The average molecular weight is 362 g/mol. The molecule has 0 bridgehead atoms. The van der Waals surface area contributed by atoms with Gasteiger partial charge >= 0.3 is 0 Å². The molecule has 0 aliphatic heterocycles. The Hall–Kier alpha value is -0.490. The minimum atomic E-state index is 0.553. The highest BCUT2D eigenvalue weighted by Gasteiger charge is 2.17. The van der Waals surface area contributed by atoms with E-state index in [1.165, 1.54) is 9.26 Å². The van der Waals surface area contributed by atoms with E-state index < -0.39 is 0 Å². The summed E-state index contributed by atoms with van der Waals surface area (Å²) in [5, 5.41) is 0. The molecule has 3 nitrogen and oxygen atoms in total. The molecule has 0 radical (unpaired) electrons. The number of ether oxygens (including phenoxy) is 1. The van der Waals surface area contributed by atoms with Crippen LogP contribution in [0.25, 0.3) is 0 Å². The summed E-state index contributed by atoms with van der Waals surface area (Å²) >= 11 is 2.36. The number of hydrogen-bond donors (Lipinski definition) is 1. The Morgan fingerprint density at radius 1 is 1.33 bits per heavy atom. The molecule has 1 aromatic rings. The van der Waals surface area contributed by atoms with Crippen LogP contribution in [-0.4, -0.2) is 26.3 Å². The van der Waals surface area contributed by atoms with E-state index >= 15 is 0 Å². The molecule has 18 heavy (non-hydrogen) atoms. The summed E-state index contributed by atoms with van der Waals surface area (Å²) in [5.41, 5.74) is 7.90. The summed E-state index contributed by atoms with van der Waals surface area (Å²) in [6, 6.07) is 6.67. The van der Waals surface area contributed by atoms with Crippen LogP contribution in [0.5, 0.6) is 0 Å². The van der Waals surface area contributed by atoms with Gasteiger partial charge in [-0.2, -0.15) is 0 Å². The van der Waals surface area contributed by atoms with Gasteiger partial charge < -0.3 is 15.4 Å². The molecule has 0 amide bonds. The van der Waals surface area contributed by atoms with Crippen LogP contribution in [0.2, 0.25) is 0 Å². The summed E-state index contributed by atoms with van der Waals surface area (Å²) < 4.78 is 6.43. The van der Waals surface area contributed by atoms with Crippen LogP contribution < -0.4 is 10.6 Å². The van der Waals surface area contributed by atoms with Crippen molar-refractivity contribution in [3.8, 4) is 0 Å². The number of hydrogen-bond acceptors (Lipinski definition) is 3. The molecule has 0 heterocycles. The lowest BCUT2D eigenvalue weighted by Crippen LogP contribution is -2.37. The molecule has 0 spiro atoms. The Balaban J connectivity index is 3.00. The summed E-state index contributed by atoms with van der Waals surface area (Å²) in [6.45, 7) is 6.13. The summed E-state index contributed by atoms with van der Waals surface area (Å²) in [7, 11) is 1.75. The summed E-state index contributed by atoms with van der Waals surface area (Å²) in [5.74, 6) is 0. The minimum Gasteiger partial charge on any atom is -0.399 e. The Morgan fingerprint density at radius 2 is 2.00 bits per heavy atom. The predicted octanol–water partition coefficient (Wildman–Crippen LogP) is 3.51. The van der Waals surface area contributed by atoms with Crippen molar-refractivity contribution in [2.45, 2.75) is 32.7 Å². The van der Waals surface area contributed by atoms with Gasteiger partial charge in [0.2, 0.25) is 0 Å². The van der Waals surface area contributed by atoms with Crippen molar-refractivity contribution >= 4 is 34.0 Å². The Labute approximate surface area is 124 Å². The smallest absolute Gasteiger partial charge is 0.0637 e. The maximum absolute atomic E-state index is 5.82. The number of nitrogen functional groups attached to an aromatic ring is 1. The molecule has 0 atom stereocenters. The largest absolute Gasteiger partial charge is 0.399 e. The van der Waals surface area contributed by atoms with Crippen LogP contribution in [0, 0.1) is 3.57 Å². The first-order valence-electron chi connectivity index (χ1n) is 6.44. The van der Waals surface area contributed by atoms with Crippen molar-refractivity contribution in [2.75, 3.05) is 30.9 Å². The van der Waals surface area contributed by atoms with E-state index in [1.807, 2.05) is 12.1 Å². The van der Waals surface area contributed by atoms with Gasteiger partial charge in [0.1, 0.15) is 0 Å². The number of halogens is 1. The van der Waals surface area contributed by atoms with Crippen LogP contribution in [-0.2, 0) is 4.74 Å². The molecule has 102 valence electrons. The van der Waals surface area contributed by atoms with E-state index in [9.17, 15) is 0 Å². The number of methoxy groups -OCH3 is 1. The first kappa shape index (κ1) is 15.6. The van der Waals surface area contributed by atoms with E-state index in [4.69, 9.17) is 10.5 Å². The maximum Gasteiger partial charge on any atom is 0.0637 e. The standard InChI is InChI=1S/C14H23IN2O/c1-4-12(5-2)17(8-9-18-3)14-7-6-11(16)10-13(14)15/h6-7,10,12H,4-5,8-9,16H2,1-3H3. The van der Waals surface area contributed by atoms with Crippen LogP contribution >= 0.6 is 22.6 Å². The zero-order valence-corrected chi connectivity index (χ0v) is 13.6. The topological polar surface area (TPSA) is 38.5 Å². The van der Waals surface area contributed by atoms with E-state index in [0.29, 0.717) is 6.04 Å². The molecule has 1 aromatic carbocycles. The lowest BCUT2D eigenvalue weighted by molar-refractivity contribution is 0.202. The van der Waals surface area contributed by atoms with Crippen molar-refractivity contribution in [3.63, 3.8) is 0 Å². The van der Waals surface area contributed by atoms with Gasteiger partial charge in [-0.25, -0.2) is 0 Å². The van der Waals surface area contributed by atoms with Crippen LogP contribution in [0.4, 0.5) is 11.4 Å². The van der Waals surface area contributed by atoms with E-state index in [0.717, 1.165) is 31.7 Å². The Bertz CT molecular complexity index is 367. The monoisotopic (exact) mass is 362 g/mol. The molecule has 0 aliphatic rings. The summed E-state index contributed by atoms with van der Waals surface area (Å²) in [6.07, 6.45) is 2.28. The molecular weight excluding hydrogens is 339 g/mol. The van der Waals surface area contributed by atoms with Crippen LogP contribution in [0.1, 0.15) is 26.7 Å². The number of benzene rings is 1. The Kier molecular flexibility index (Phi) is 6.78. The number of anilines is 2. The molecule has 0 unspecified atom stereocenters. The van der Waals surface area contributed by atoms with Crippen molar-refractivity contribution in [1.29, 1.82) is 0 Å². The Morgan fingerprint density at radius 3 is 2.50 bits per heavy atom. The molecule has 1 rings (SSSR count). The lowest BCUT2D eigenvalue weighted by Gasteiger charge is -2.33. The zero-order chi connectivity index (χ0) is 13.5. The maximum atomic E-state index is 5.82. The van der Waals surface area contributed by atoms with Crippen molar-refractivity contribution in [1.82, 2.24) is 0 Å². The molecule has 0 saturated carbocycles. The second-order valence-electron chi connectivity index (χ2n) is 4.37. The number of nitrogens with two attached hydrogens (primary N) is 1. The second kappa shape index (κ2) is 7.84. The highest BCUT2D eigenvalue weighted by molar-refractivity contribution is 14.1. The normalized spacial score (nSPS) is 10.9. The molecule has 2 N–H and O–H groups in total. The molecule has 4 heteroatoms. The molecule has 0 aromatic heterocycles.